The van der Waals surface area contributed by atoms with Gasteiger partial charge in [-0.05, 0) is 58.8 Å². The Kier molecular flexibility index (Phi) is 6.47. The van der Waals surface area contributed by atoms with Crippen LogP contribution >= 0.6 is 11.6 Å². The van der Waals surface area contributed by atoms with Gasteiger partial charge in [0.2, 0.25) is 0 Å². The number of H-pyrrole nitrogens is 1. The van der Waals surface area contributed by atoms with Gasteiger partial charge in [-0.25, -0.2) is 0 Å². The van der Waals surface area contributed by atoms with Crippen LogP contribution in [0.4, 0.5) is 0 Å². The Bertz CT molecular complexity index is 930. The average Bonchev–Trinajstić information content (AvgIpc) is 2.64. The molecule has 0 saturated carbocycles. The first kappa shape index (κ1) is 20.5. The summed E-state index contributed by atoms with van der Waals surface area (Å²) in [4.78, 5) is 15.5. The number of nitrogens with one attached hydrogen (secondary N) is 3. The summed E-state index contributed by atoms with van der Waals surface area (Å²) in [6.07, 6.45) is 2.16. The molecular formula is C22H28ClN3O2. The third-order valence-electron chi connectivity index (χ3n) is 5.19. The monoisotopic (exact) mass is 401 g/mol. The molecule has 5 nitrogen and oxygen atoms in total. The molecule has 0 amide bonds. The highest BCUT2D eigenvalue weighted by Gasteiger charge is 2.18. The maximum atomic E-state index is 12.3. The number of pyridine rings is 1. The number of rotatable bonds is 6. The van der Waals surface area contributed by atoms with Crippen LogP contribution in [0.3, 0.4) is 0 Å². The van der Waals surface area contributed by atoms with Crippen molar-refractivity contribution in [2.75, 3.05) is 13.1 Å². The first-order chi connectivity index (χ1) is 13.3. The molecule has 1 aliphatic heterocycles. The molecule has 0 bridgehead atoms. The van der Waals surface area contributed by atoms with Gasteiger partial charge >= 0.3 is 0 Å². The van der Waals surface area contributed by atoms with E-state index >= 15 is 0 Å². The number of aromatic amines is 1. The number of ether oxygens (including phenoxy) is 1. The van der Waals surface area contributed by atoms with Crippen LogP contribution in [0.5, 0.6) is 5.75 Å². The molecule has 28 heavy (non-hydrogen) atoms. The Balaban J connectivity index is 1.77. The van der Waals surface area contributed by atoms with Crippen molar-refractivity contribution in [2.45, 2.75) is 46.3 Å². The molecule has 2 aromatic rings. The van der Waals surface area contributed by atoms with Gasteiger partial charge in [0.25, 0.3) is 0 Å². The van der Waals surface area contributed by atoms with Crippen molar-refractivity contribution in [3.05, 3.63) is 68.1 Å². The Labute approximate surface area is 171 Å². The zero-order valence-electron chi connectivity index (χ0n) is 16.7. The number of benzene rings is 1. The second kappa shape index (κ2) is 8.84. The largest absolute Gasteiger partial charge is 0.490 e. The van der Waals surface area contributed by atoms with Crippen molar-refractivity contribution < 1.29 is 4.74 Å². The lowest BCUT2D eigenvalue weighted by Gasteiger charge is -2.25. The second-order valence-corrected chi connectivity index (χ2v) is 7.83. The highest BCUT2D eigenvalue weighted by molar-refractivity contribution is 6.31. The molecule has 3 N–H and O–H groups in total. The van der Waals surface area contributed by atoms with Crippen molar-refractivity contribution in [1.29, 1.82) is 0 Å². The van der Waals surface area contributed by atoms with Gasteiger partial charge in [0.05, 0.1) is 0 Å². The third-order valence-corrected chi connectivity index (χ3v) is 5.41. The van der Waals surface area contributed by atoms with Crippen molar-refractivity contribution >= 4 is 17.3 Å². The van der Waals surface area contributed by atoms with Crippen LogP contribution in [-0.2, 0) is 6.54 Å². The van der Waals surface area contributed by atoms with E-state index in [2.05, 4.69) is 22.2 Å². The van der Waals surface area contributed by atoms with Gasteiger partial charge in [-0.3, -0.25) is 4.79 Å². The summed E-state index contributed by atoms with van der Waals surface area (Å²) in [7, 11) is 0. The Morgan fingerprint density at radius 2 is 1.96 bits per heavy atom. The van der Waals surface area contributed by atoms with E-state index in [1.54, 1.807) is 6.07 Å². The lowest BCUT2D eigenvalue weighted by Crippen LogP contribution is -2.34. The molecule has 6 heteroatoms. The summed E-state index contributed by atoms with van der Waals surface area (Å²) < 4.78 is 6.22. The van der Waals surface area contributed by atoms with Gasteiger partial charge in [-0.15, -0.1) is 0 Å². The molecule has 0 spiro atoms. The number of aromatic nitrogens is 1. The Morgan fingerprint density at radius 3 is 2.64 bits per heavy atom. The van der Waals surface area contributed by atoms with Gasteiger partial charge in [0.15, 0.2) is 5.43 Å². The van der Waals surface area contributed by atoms with Crippen LogP contribution in [-0.4, -0.2) is 24.2 Å². The van der Waals surface area contributed by atoms with Gasteiger partial charge in [-0.1, -0.05) is 18.2 Å². The standard InChI is InChI=1S/C22H28ClN3O2/c1-13-9-21(27)20(16(4)26-13)12-25-15(3)19-10-17(23)11-22(14(19)2)28-18-5-7-24-8-6-18/h9-11,18,24-25H,3,5-8,12H2,1-2,4H3,(H,26,27). The van der Waals surface area contributed by atoms with E-state index in [0.717, 1.165) is 59.9 Å². The van der Waals surface area contributed by atoms with Crippen LogP contribution in [0.1, 0.15) is 40.9 Å². The summed E-state index contributed by atoms with van der Waals surface area (Å²) in [6, 6.07) is 5.36. The quantitative estimate of drug-likeness (QED) is 0.688. The van der Waals surface area contributed by atoms with Gasteiger partial charge in [0, 0.05) is 51.4 Å². The maximum Gasteiger partial charge on any atom is 0.187 e. The molecule has 0 aliphatic carbocycles. The second-order valence-electron chi connectivity index (χ2n) is 7.40. The van der Waals surface area contributed by atoms with E-state index in [0.29, 0.717) is 17.1 Å². The van der Waals surface area contributed by atoms with E-state index in [4.69, 9.17) is 16.3 Å². The first-order valence-corrected chi connectivity index (χ1v) is 10.0. The van der Waals surface area contributed by atoms with Gasteiger partial charge in [-0.2, -0.15) is 0 Å². The van der Waals surface area contributed by atoms with Crippen molar-refractivity contribution in [1.82, 2.24) is 15.6 Å². The van der Waals surface area contributed by atoms with Crippen LogP contribution in [0, 0.1) is 20.8 Å². The fourth-order valence-corrected chi connectivity index (χ4v) is 3.78. The lowest BCUT2D eigenvalue weighted by atomic mass is 10.0. The molecule has 0 radical (unpaired) electrons. The third kappa shape index (κ3) is 4.78. The molecule has 2 heterocycles. The van der Waals surface area contributed by atoms with E-state index in [1.807, 2.05) is 32.9 Å². The fraction of sp³-hybridized carbons (Fsp3) is 0.409. The summed E-state index contributed by atoms with van der Waals surface area (Å²) in [5, 5.41) is 7.23. The molecule has 1 saturated heterocycles. The molecule has 0 unspecified atom stereocenters. The van der Waals surface area contributed by atoms with Gasteiger partial charge < -0.3 is 20.4 Å². The molecule has 3 rings (SSSR count). The van der Waals surface area contributed by atoms with Gasteiger partial charge in [0.1, 0.15) is 11.9 Å². The minimum Gasteiger partial charge on any atom is -0.490 e. The fourth-order valence-electron chi connectivity index (χ4n) is 3.57. The normalized spacial score (nSPS) is 14.7. The van der Waals surface area contributed by atoms with Crippen LogP contribution < -0.4 is 20.8 Å². The minimum atomic E-state index is 0.0202. The molecule has 150 valence electrons. The Morgan fingerprint density at radius 1 is 1.25 bits per heavy atom. The topological polar surface area (TPSA) is 66.2 Å². The van der Waals surface area contributed by atoms with Crippen LogP contribution in [0.25, 0.3) is 5.70 Å². The number of hydrogen-bond acceptors (Lipinski definition) is 4. The smallest absolute Gasteiger partial charge is 0.187 e. The highest BCUT2D eigenvalue weighted by Crippen LogP contribution is 2.31. The SMILES string of the molecule is C=C(NCc1c(C)[nH]c(C)cc1=O)c1cc(Cl)cc(OC2CCNCC2)c1C. The van der Waals surface area contributed by atoms with E-state index in [1.165, 1.54) is 0 Å². The van der Waals surface area contributed by atoms with Crippen LogP contribution in [0.15, 0.2) is 29.6 Å². The van der Waals surface area contributed by atoms with Crippen molar-refractivity contribution in [3.8, 4) is 5.75 Å². The summed E-state index contributed by atoms with van der Waals surface area (Å²) in [5.41, 5.74) is 5.06. The van der Waals surface area contributed by atoms with E-state index in [9.17, 15) is 4.79 Å². The molecular weight excluding hydrogens is 374 g/mol. The summed E-state index contributed by atoms with van der Waals surface area (Å²) >= 11 is 6.35. The molecule has 1 fully saturated rings. The Hall–Kier alpha value is -2.24. The number of hydrogen-bond donors (Lipinski definition) is 3. The lowest BCUT2D eigenvalue weighted by molar-refractivity contribution is 0.161. The van der Waals surface area contributed by atoms with Crippen molar-refractivity contribution in [3.63, 3.8) is 0 Å². The zero-order valence-corrected chi connectivity index (χ0v) is 17.5. The van der Waals surface area contributed by atoms with E-state index in [-0.39, 0.29) is 11.5 Å². The number of piperidine rings is 1. The van der Waals surface area contributed by atoms with E-state index < -0.39 is 0 Å². The van der Waals surface area contributed by atoms with Crippen molar-refractivity contribution in [2.24, 2.45) is 0 Å². The number of aryl methyl sites for hydroxylation is 2. The summed E-state index contributed by atoms with van der Waals surface area (Å²) in [6.45, 7) is 12.3. The average molecular weight is 402 g/mol. The molecule has 1 aromatic heterocycles. The zero-order chi connectivity index (χ0) is 20.3. The van der Waals surface area contributed by atoms with Crippen LogP contribution in [0.2, 0.25) is 5.02 Å². The highest BCUT2D eigenvalue weighted by atomic mass is 35.5. The predicted octanol–water partition coefficient (Wildman–Crippen LogP) is 3.84. The maximum absolute atomic E-state index is 12.3. The molecule has 1 aliphatic rings. The number of halogens is 1. The predicted molar refractivity (Wildman–Crippen MR) is 115 cm³/mol. The molecule has 0 atom stereocenters. The minimum absolute atomic E-state index is 0.0202. The molecule has 1 aromatic carbocycles. The first-order valence-electron chi connectivity index (χ1n) is 9.65. The summed E-state index contributed by atoms with van der Waals surface area (Å²) in [5.74, 6) is 0.793.